The zero-order valence-electron chi connectivity index (χ0n) is 8.64. The van der Waals surface area contributed by atoms with Crippen molar-refractivity contribution in [3.05, 3.63) is 34.9 Å². The lowest BCUT2D eigenvalue weighted by Gasteiger charge is -2.08. The van der Waals surface area contributed by atoms with Gasteiger partial charge in [-0.2, -0.15) is 0 Å². The Kier molecular flexibility index (Phi) is 2.41. The molecular weight excluding hydrogens is 222 g/mol. The number of nitrogens with zero attached hydrogens (tertiary/aromatic N) is 1. The van der Waals surface area contributed by atoms with Crippen LogP contribution in [0.5, 0.6) is 0 Å². The van der Waals surface area contributed by atoms with E-state index in [4.69, 9.17) is 11.5 Å². The van der Waals surface area contributed by atoms with E-state index >= 15 is 0 Å². The lowest BCUT2D eigenvalue weighted by molar-refractivity contribution is 0.0671. The summed E-state index contributed by atoms with van der Waals surface area (Å²) in [6, 6.07) is 3.80. The number of benzene rings is 1. The van der Waals surface area contributed by atoms with Crippen molar-refractivity contribution >= 4 is 17.8 Å². The number of hydrogen-bond donors (Lipinski definition) is 1. The Morgan fingerprint density at radius 1 is 1.29 bits per heavy atom. The molecule has 0 aromatic heterocycles. The Bertz CT molecular complexity index is 583. The van der Waals surface area contributed by atoms with Gasteiger partial charge in [0.2, 0.25) is 0 Å². The van der Waals surface area contributed by atoms with Crippen LogP contribution < -0.4 is 0 Å². The molecule has 0 radical (unpaired) electrons. The maximum absolute atomic E-state index is 11.8. The average molecular weight is 229 g/mol. The first-order chi connectivity index (χ1) is 8.06. The summed E-state index contributed by atoms with van der Waals surface area (Å²) in [5.41, 5.74) is 0.243. The summed E-state index contributed by atoms with van der Waals surface area (Å²) in [6.07, 6.45) is 5.06. The van der Waals surface area contributed by atoms with Crippen molar-refractivity contribution in [3.8, 4) is 12.3 Å². The highest BCUT2D eigenvalue weighted by molar-refractivity contribution is 6.22. The molecule has 0 spiro atoms. The van der Waals surface area contributed by atoms with E-state index in [1.807, 2.05) is 0 Å². The fourth-order valence-electron chi connectivity index (χ4n) is 1.66. The van der Waals surface area contributed by atoms with Gasteiger partial charge in [0.1, 0.15) is 0 Å². The van der Waals surface area contributed by atoms with Gasteiger partial charge in [-0.1, -0.05) is 5.92 Å². The maximum atomic E-state index is 11.8. The zero-order chi connectivity index (χ0) is 12.6. The number of hydrogen-bond acceptors (Lipinski definition) is 3. The molecule has 5 heteroatoms. The highest BCUT2D eigenvalue weighted by atomic mass is 16.4. The molecule has 1 heterocycles. The van der Waals surface area contributed by atoms with Crippen LogP contribution in [-0.2, 0) is 0 Å². The molecule has 2 amide bonds. The minimum Gasteiger partial charge on any atom is -0.478 e. The Labute approximate surface area is 96.7 Å². The van der Waals surface area contributed by atoms with E-state index in [-0.39, 0.29) is 23.2 Å². The van der Waals surface area contributed by atoms with Crippen molar-refractivity contribution in [1.29, 1.82) is 0 Å². The van der Waals surface area contributed by atoms with Crippen LogP contribution in [0.15, 0.2) is 18.2 Å². The molecular formula is C12H7NO4. The summed E-state index contributed by atoms with van der Waals surface area (Å²) in [5, 5.41) is 8.80. The molecule has 0 aliphatic carbocycles. The van der Waals surface area contributed by atoms with Crippen LogP contribution in [-0.4, -0.2) is 34.3 Å². The standard InChI is InChI=1S/C12H7NO4/c1-2-5-13-10(14)8-4-3-7(12(16)17)6-9(8)11(13)15/h1,3-4,6H,5H2,(H,16,17). The van der Waals surface area contributed by atoms with Crippen LogP contribution in [0.2, 0.25) is 0 Å². The molecule has 0 unspecified atom stereocenters. The largest absolute Gasteiger partial charge is 0.478 e. The molecule has 2 rings (SSSR count). The van der Waals surface area contributed by atoms with Crippen molar-refractivity contribution in [3.63, 3.8) is 0 Å². The molecule has 0 fully saturated rings. The molecule has 1 aliphatic heterocycles. The molecule has 1 aromatic carbocycles. The van der Waals surface area contributed by atoms with Gasteiger partial charge in [0.15, 0.2) is 0 Å². The number of carboxylic acids is 1. The number of fused-ring (bicyclic) bond motifs is 1. The Hall–Kier alpha value is -2.61. The van der Waals surface area contributed by atoms with Crippen LogP contribution in [0.3, 0.4) is 0 Å². The van der Waals surface area contributed by atoms with Crippen LogP contribution in [0.4, 0.5) is 0 Å². The predicted octanol–water partition coefficient (Wildman–Crippen LogP) is 0.614. The Balaban J connectivity index is 2.51. The van der Waals surface area contributed by atoms with Gasteiger partial charge in [-0.15, -0.1) is 6.42 Å². The summed E-state index contributed by atoms with van der Waals surface area (Å²) >= 11 is 0. The summed E-state index contributed by atoms with van der Waals surface area (Å²) in [6.45, 7) is -0.116. The third kappa shape index (κ3) is 1.56. The monoisotopic (exact) mass is 229 g/mol. The number of carbonyl (C=O) groups is 3. The maximum Gasteiger partial charge on any atom is 0.335 e. The fraction of sp³-hybridized carbons (Fsp3) is 0.0833. The number of aromatic carboxylic acids is 1. The lowest BCUT2D eigenvalue weighted by Crippen LogP contribution is -2.29. The molecule has 1 N–H and O–H groups in total. The fourth-order valence-corrected chi connectivity index (χ4v) is 1.66. The summed E-state index contributed by atoms with van der Waals surface area (Å²) in [4.78, 5) is 35.2. The van der Waals surface area contributed by atoms with Crippen LogP contribution in [0.25, 0.3) is 0 Å². The Morgan fingerprint density at radius 3 is 2.53 bits per heavy atom. The van der Waals surface area contributed by atoms with Gasteiger partial charge >= 0.3 is 5.97 Å². The van der Waals surface area contributed by atoms with E-state index in [2.05, 4.69) is 5.92 Å². The normalized spacial score (nSPS) is 13.5. The highest BCUT2D eigenvalue weighted by Crippen LogP contribution is 2.23. The van der Waals surface area contributed by atoms with Gasteiger partial charge in [0.05, 0.1) is 23.2 Å². The van der Waals surface area contributed by atoms with E-state index in [1.165, 1.54) is 18.2 Å². The number of rotatable bonds is 2. The quantitative estimate of drug-likeness (QED) is 0.595. The van der Waals surface area contributed by atoms with Gasteiger partial charge in [-0.05, 0) is 18.2 Å². The molecule has 17 heavy (non-hydrogen) atoms. The number of amides is 2. The molecule has 0 bridgehead atoms. The topological polar surface area (TPSA) is 74.7 Å². The Morgan fingerprint density at radius 2 is 1.94 bits per heavy atom. The SMILES string of the molecule is C#CCN1C(=O)c2ccc(C(=O)O)cc2C1=O. The number of carboxylic acid groups (broad SMARTS) is 1. The van der Waals surface area contributed by atoms with Crippen molar-refractivity contribution in [1.82, 2.24) is 4.90 Å². The first-order valence-corrected chi connectivity index (χ1v) is 4.73. The van der Waals surface area contributed by atoms with Gasteiger partial charge in [0.25, 0.3) is 11.8 Å². The van der Waals surface area contributed by atoms with Gasteiger partial charge in [-0.3, -0.25) is 14.5 Å². The molecule has 0 atom stereocenters. The summed E-state index contributed by atoms with van der Waals surface area (Å²) < 4.78 is 0. The molecule has 84 valence electrons. The molecule has 0 saturated carbocycles. The summed E-state index contributed by atoms with van der Waals surface area (Å²) in [7, 11) is 0. The molecule has 0 saturated heterocycles. The van der Waals surface area contributed by atoms with Gasteiger partial charge in [-0.25, -0.2) is 4.79 Å². The van der Waals surface area contributed by atoms with Gasteiger partial charge in [0, 0.05) is 0 Å². The zero-order valence-corrected chi connectivity index (χ0v) is 8.64. The predicted molar refractivity (Wildman–Crippen MR) is 57.6 cm³/mol. The van der Waals surface area contributed by atoms with Crippen molar-refractivity contribution < 1.29 is 19.5 Å². The van der Waals surface area contributed by atoms with Crippen molar-refractivity contribution in [2.24, 2.45) is 0 Å². The second kappa shape index (κ2) is 3.76. The summed E-state index contributed by atoms with van der Waals surface area (Å²) in [5.74, 6) is 0.0249. The first-order valence-electron chi connectivity index (χ1n) is 4.73. The number of carbonyl (C=O) groups excluding carboxylic acids is 2. The molecule has 1 aromatic rings. The van der Waals surface area contributed by atoms with E-state index in [0.29, 0.717) is 0 Å². The number of terminal acetylenes is 1. The third-order valence-electron chi connectivity index (χ3n) is 2.47. The van der Waals surface area contributed by atoms with Crippen LogP contribution >= 0.6 is 0 Å². The van der Waals surface area contributed by atoms with E-state index in [9.17, 15) is 14.4 Å². The van der Waals surface area contributed by atoms with Crippen molar-refractivity contribution in [2.45, 2.75) is 0 Å². The second-order valence-corrected chi connectivity index (χ2v) is 3.47. The number of imide groups is 1. The van der Waals surface area contributed by atoms with Crippen LogP contribution in [0, 0.1) is 12.3 Å². The lowest BCUT2D eigenvalue weighted by atomic mass is 10.1. The molecule has 1 aliphatic rings. The van der Waals surface area contributed by atoms with E-state index in [1.54, 1.807) is 0 Å². The van der Waals surface area contributed by atoms with Gasteiger partial charge < -0.3 is 5.11 Å². The van der Waals surface area contributed by atoms with E-state index in [0.717, 1.165) is 4.90 Å². The minimum absolute atomic E-state index is 0.0348. The smallest absolute Gasteiger partial charge is 0.335 e. The highest BCUT2D eigenvalue weighted by Gasteiger charge is 2.35. The first kappa shape index (κ1) is 10.9. The second-order valence-electron chi connectivity index (χ2n) is 3.47. The molecule has 5 nitrogen and oxygen atoms in total. The minimum atomic E-state index is -1.15. The van der Waals surface area contributed by atoms with Crippen LogP contribution in [0.1, 0.15) is 31.1 Å². The van der Waals surface area contributed by atoms with Crippen molar-refractivity contribution in [2.75, 3.05) is 6.54 Å². The third-order valence-corrected chi connectivity index (χ3v) is 2.47. The van der Waals surface area contributed by atoms with E-state index < -0.39 is 17.8 Å². The average Bonchev–Trinajstić information content (AvgIpc) is 2.54.